The molecule has 1 aromatic heterocycles. The molecule has 1 nitrogen and oxygen atoms in total. The smallest absolute Gasteiger partial charge is 0.180 e. The van der Waals surface area contributed by atoms with Gasteiger partial charge in [-0.05, 0) is 43.2 Å². The van der Waals surface area contributed by atoms with E-state index in [4.69, 9.17) is 5.73 Å². The van der Waals surface area contributed by atoms with Crippen LogP contribution in [0.15, 0.2) is 0 Å². The second-order valence-electron chi connectivity index (χ2n) is 5.16. The lowest BCUT2D eigenvalue weighted by Gasteiger charge is -2.12. The van der Waals surface area contributed by atoms with Crippen LogP contribution in [-0.2, 0) is 12.8 Å². The summed E-state index contributed by atoms with van der Waals surface area (Å²) in [5, 5.41) is 0.0218. The van der Waals surface area contributed by atoms with Crippen molar-refractivity contribution in [2.45, 2.75) is 51.9 Å². The highest BCUT2D eigenvalue weighted by Crippen LogP contribution is 2.38. The van der Waals surface area contributed by atoms with Gasteiger partial charge in [0.2, 0.25) is 0 Å². The van der Waals surface area contributed by atoms with E-state index in [-0.39, 0.29) is 5.13 Å². The van der Waals surface area contributed by atoms with E-state index < -0.39 is 0 Å². The SMILES string of the molecule is CCc1c(F)sc(CCC2CC2)c1C(C)CN. The average molecular weight is 255 g/mol. The molecule has 0 bridgehead atoms. The summed E-state index contributed by atoms with van der Waals surface area (Å²) in [5.74, 6) is 1.20. The van der Waals surface area contributed by atoms with Gasteiger partial charge in [-0.3, -0.25) is 0 Å². The molecular formula is C14H22FNS. The second-order valence-corrected chi connectivity index (χ2v) is 6.22. The first-order chi connectivity index (χ1) is 8.17. The van der Waals surface area contributed by atoms with E-state index in [2.05, 4.69) is 6.92 Å². The zero-order valence-electron chi connectivity index (χ0n) is 10.8. The van der Waals surface area contributed by atoms with E-state index >= 15 is 0 Å². The fraction of sp³-hybridized carbons (Fsp3) is 0.714. The summed E-state index contributed by atoms with van der Waals surface area (Å²) >= 11 is 1.36. The van der Waals surface area contributed by atoms with E-state index in [0.29, 0.717) is 12.5 Å². The summed E-state index contributed by atoms with van der Waals surface area (Å²) in [6.07, 6.45) is 5.80. The Morgan fingerprint density at radius 2 is 2.18 bits per heavy atom. The Balaban J connectivity index is 2.21. The van der Waals surface area contributed by atoms with Gasteiger partial charge in [0.1, 0.15) is 0 Å². The zero-order valence-corrected chi connectivity index (χ0v) is 11.6. The van der Waals surface area contributed by atoms with Gasteiger partial charge in [0.05, 0.1) is 0 Å². The molecule has 0 radical (unpaired) electrons. The van der Waals surface area contributed by atoms with Crippen LogP contribution in [0.3, 0.4) is 0 Å². The van der Waals surface area contributed by atoms with Crippen molar-refractivity contribution in [2.75, 3.05) is 6.54 Å². The number of nitrogens with two attached hydrogens (primary N) is 1. The maximum Gasteiger partial charge on any atom is 0.180 e. The summed E-state index contributed by atoms with van der Waals surface area (Å²) < 4.78 is 13.9. The van der Waals surface area contributed by atoms with Crippen LogP contribution in [0.1, 0.15) is 55.0 Å². The van der Waals surface area contributed by atoms with Gasteiger partial charge in [0.25, 0.3) is 0 Å². The molecule has 0 saturated heterocycles. The lowest BCUT2D eigenvalue weighted by molar-refractivity contribution is 0.634. The van der Waals surface area contributed by atoms with Crippen molar-refractivity contribution in [1.29, 1.82) is 0 Å². The maximum atomic E-state index is 13.9. The fourth-order valence-corrected chi connectivity index (χ4v) is 3.69. The van der Waals surface area contributed by atoms with Crippen molar-refractivity contribution in [1.82, 2.24) is 0 Å². The Morgan fingerprint density at radius 1 is 1.47 bits per heavy atom. The summed E-state index contributed by atoms with van der Waals surface area (Å²) in [4.78, 5) is 1.25. The predicted octanol–water partition coefficient (Wildman–Crippen LogP) is 3.85. The standard InChI is InChI=1S/C14H22FNS/c1-3-11-13(9(2)8-16)12(17-14(11)15)7-6-10-4-5-10/h9-10H,3-8,16H2,1-2H3. The van der Waals surface area contributed by atoms with Crippen LogP contribution >= 0.6 is 11.3 Å². The Bertz CT molecular complexity index is 382. The monoisotopic (exact) mass is 255 g/mol. The minimum absolute atomic E-state index is 0.0218. The highest BCUT2D eigenvalue weighted by molar-refractivity contribution is 7.10. The Morgan fingerprint density at radius 3 is 2.71 bits per heavy atom. The van der Waals surface area contributed by atoms with Crippen molar-refractivity contribution in [3.8, 4) is 0 Å². The molecule has 1 heterocycles. The van der Waals surface area contributed by atoms with Crippen molar-refractivity contribution >= 4 is 11.3 Å². The van der Waals surface area contributed by atoms with Crippen molar-refractivity contribution in [3.05, 3.63) is 21.1 Å². The number of halogens is 1. The minimum Gasteiger partial charge on any atom is -0.330 e. The second kappa shape index (κ2) is 5.49. The van der Waals surface area contributed by atoms with Gasteiger partial charge in [-0.15, -0.1) is 11.3 Å². The lowest BCUT2D eigenvalue weighted by Crippen LogP contribution is -2.11. The van der Waals surface area contributed by atoms with Gasteiger partial charge in [-0.1, -0.05) is 26.7 Å². The summed E-state index contributed by atoms with van der Waals surface area (Å²) in [6.45, 7) is 4.75. The molecule has 1 fully saturated rings. The largest absolute Gasteiger partial charge is 0.330 e. The number of hydrogen-bond donors (Lipinski definition) is 1. The molecule has 96 valence electrons. The summed E-state index contributed by atoms with van der Waals surface area (Å²) in [5.41, 5.74) is 7.89. The highest BCUT2D eigenvalue weighted by atomic mass is 32.1. The molecule has 0 amide bonds. The number of hydrogen-bond acceptors (Lipinski definition) is 2. The molecule has 0 spiro atoms. The molecule has 1 atom stereocenters. The van der Waals surface area contributed by atoms with Gasteiger partial charge < -0.3 is 5.73 Å². The van der Waals surface area contributed by atoms with E-state index in [9.17, 15) is 4.39 Å². The molecule has 0 aliphatic heterocycles. The van der Waals surface area contributed by atoms with Crippen molar-refractivity contribution in [3.63, 3.8) is 0 Å². The molecule has 1 aliphatic rings. The number of thiophene rings is 1. The number of aryl methyl sites for hydroxylation is 1. The van der Waals surface area contributed by atoms with Gasteiger partial charge in [0.15, 0.2) is 5.13 Å². The Labute approximate surface area is 107 Å². The summed E-state index contributed by atoms with van der Waals surface area (Å²) in [6, 6.07) is 0. The molecular weight excluding hydrogens is 233 g/mol. The summed E-state index contributed by atoms with van der Waals surface area (Å²) in [7, 11) is 0. The molecule has 3 heteroatoms. The van der Waals surface area contributed by atoms with Gasteiger partial charge in [-0.2, -0.15) is 4.39 Å². The molecule has 17 heavy (non-hydrogen) atoms. The van der Waals surface area contributed by atoms with Gasteiger partial charge in [-0.25, -0.2) is 0 Å². The first-order valence-electron chi connectivity index (χ1n) is 6.67. The quantitative estimate of drug-likeness (QED) is 0.821. The molecule has 1 aliphatic carbocycles. The molecule has 0 aromatic carbocycles. The minimum atomic E-state index is 0.0218. The Kier molecular flexibility index (Phi) is 4.21. The van der Waals surface area contributed by atoms with Crippen LogP contribution in [0.2, 0.25) is 0 Å². The zero-order chi connectivity index (χ0) is 12.4. The van der Waals surface area contributed by atoms with Crippen molar-refractivity contribution in [2.24, 2.45) is 11.7 Å². The van der Waals surface area contributed by atoms with Crippen LogP contribution < -0.4 is 5.73 Å². The predicted molar refractivity (Wildman–Crippen MR) is 72.2 cm³/mol. The first kappa shape index (κ1) is 13.0. The maximum absolute atomic E-state index is 13.9. The Hall–Kier alpha value is -0.410. The fourth-order valence-electron chi connectivity index (χ4n) is 2.45. The van der Waals surface area contributed by atoms with Crippen LogP contribution in [0, 0.1) is 11.0 Å². The van der Waals surface area contributed by atoms with Crippen LogP contribution in [0.25, 0.3) is 0 Å². The molecule has 1 saturated carbocycles. The van der Waals surface area contributed by atoms with Crippen LogP contribution in [0.4, 0.5) is 4.39 Å². The molecule has 2 rings (SSSR count). The van der Waals surface area contributed by atoms with Crippen molar-refractivity contribution < 1.29 is 4.39 Å². The molecule has 1 aromatic rings. The third kappa shape index (κ3) is 2.89. The molecule has 1 unspecified atom stereocenters. The topological polar surface area (TPSA) is 26.0 Å². The normalized spacial score (nSPS) is 17.4. The van der Waals surface area contributed by atoms with Gasteiger partial charge >= 0.3 is 0 Å². The van der Waals surface area contributed by atoms with E-state index in [1.54, 1.807) is 0 Å². The van der Waals surface area contributed by atoms with Crippen LogP contribution in [0.5, 0.6) is 0 Å². The van der Waals surface area contributed by atoms with E-state index in [1.807, 2.05) is 6.92 Å². The third-order valence-electron chi connectivity index (χ3n) is 3.75. The lowest BCUT2D eigenvalue weighted by atomic mass is 9.94. The number of rotatable bonds is 6. The van der Waals surface area contributed by atoms with Crippen LogP contribution in [-0.4, -0.2) is 6.54 Å². The van der Waals surface area contributed by atoms with E-state index in [1.165, 1.54) is 41.0 Å². The third-order valence-corrected chi connectivity index (χ3v) is 4.85. The van der Waals surface area contributed by atoms with Gasteiger partial charge in [0, 0.05) is 10.4 Å². The van der Waals surface area contributed by atoms with E-state index in [0.717, 1.165) is 24.3 Å². The average Bonchev–Trinajstić information content (AvgIpc) is 3.09. The first-order valence-corrected chi connectivity index (χ1v) is 7.49. The molecule has 2 N–H and O–H groups in total. The highest BCUT2D eigenvalue weighted by Gasteiger charge is 2.24.